The Bertz CT molecular complexity index is 910. The minimum absolute atomic E-state index is 0.0290. The summed E-state index contributed by atoms with van der Waals surface area (Å²) in [6.45, 7) is 4.26. The first-order valence-electron chi connectivity index (χ1n) is 9.16. The molecule has 28 heavy (non-hydrogen) atoms. The number of hydrogen-bond acceptors (Lipinski definition) is 4. The van der Waals surface area contributed by atoms with Gasteiger partial charge in [0, 0.05) is 22.9 Å². The number of aryl methyl sites for hydroxylation is 1. The van der Waals surface area contributed by atoms with E-state index in [2.05, 4.69) is 26.6 Å². The molecule has 1 aliphatic carbocycles. The van der Waals surface area contributed by atoms with Crippen LogP contribution in [0, 0.1) is 12.8 Å². The van der Waals surface area contributed by atoms with Crippen LogP contribution in [-0.2, 0) is 4.79 Å². The normalized spacial score (nSPS) is 13.0. The van der Waals surface area contributed by atoms with E-state index in [1.54, 1.807) is 18.2 Å². The van der Waals surface area contributed by atoms with Crippen LogP contribution < -0.4 is 20.1 Å². The maximum atomic E-state index is 12.8. The first-order valence-corrected chi connectivity index (χ1v) is 9.95. The van der Waals surface area contributed by atoms with Crippen LogP contribution >= 0.6 is 15.9 Å². The summed E-state index contributed by atoms with van der Waals surface area (Å²) < 4.78 is 11.6. The van der Waals surface area contributed by atoms with Gasteiger partial charge in [0.25, 0.3) is 5.91 Å². The number of hydrogen-bond donors (Lipinski definition) is 2. The second kappa shape index (κ2) is 8.65. The zero-order chi connectivity index (χ0) is 20.3. The van der Waals surface area contributed by atoms with Crippen molar-refractivity contribution in [1.29, 1.82) is 0 Å². The van der Waals surface area contributed by atoms with Crippen LogP contribution in [0.5, 0.6) is 11.5 Å². The van der Waals surface area contributed by atoms with E-state index >= 15 is 0 Å². The Kier molecular flexibility index (Phi) is 6.24. The Morgan fingerprint density at radius 1 is 1.18 bits per heavy atom. The summed E-state index contributed by atoms with van der Waals surface area (Å²) in [5, 5.41) is 5.81. The number of anilines is 2. The number of amides is 2. The molecule has 0 atom stereocenters. The van der Waals surface area contributed by atoms with E-state index in [9.17, 15) is 9.59 Å². The molecular weight excluding hydrogens is 424 g/mol. The van der Waals surface area contributed by atoms with Gasteiger partial charge in [0.1, 0.15) is 0 Å². The molecule has 0 spiro atoms. The van der Waals surface area contributed by atoms with E-state index in [0.29, 0.717) is 39.5 Å². The van der Waals surface area contributed by atoms with Gasteiger partial charge in [-0.05, 0) is 72.4 Å². The van der Waals surface area contributed by atoms with Gasteiger partial charge in [-0.2, -0.15) is 0 Å². The van der Waals surface area contributed by atoms with Gasteiger partial charge >= 0.3 is 0 Å². The maximum absolute atomic E-state index is 12.8. The number of ether oxygens (including phenoxy) is 2. The van der Waals surface area contributed by atoms with E-state index in [0.717, 1.165) is 18.4 Å². The number of carbonyl (C=O) groups is 2. The summed E-state index contributed by atoms with van der Waals surface area (Å²) in [6, 6.07) is 8.80. The average Bonchev–Trinajstić information content (AvgIpc) is 3.51. The molecule has 2 aromatic rings. The zero-order valence-electron chi connectivity index (χ0n) is 16.1. The second-order valence-electron chi connectivity index (χ2n) is 6.67. The Labute approximate surface area is 172 Å². The van der Waals surface area contributed by atoms with Gasteiger partial charge in [0.05, 0.1) is 18.2 Å². The van der Waals surface area contributed by atoms with Crippen LogP contribution in [0.4, 0.5) is 11.4 Å². The number of nitrogens with one attached hydrogen (secondary N) is 2. The minimum atomic E-state index is -0.282. The molecule has 2 aromatic carbocycles. The van der Waals surface area contributed by atoms with Gasteiger partial charge in [0.15, 0.2) is 11.5 Å². The molecule has 0 radical (unpaired) electrons. The summed E-state index contributed by atoms with van der Waals surface area (Å²) in [4.78, 5) is 24.8. The quantitative estimate of drug-likeness (QED) is 0.642. The van der Waals surface area contributed by atoms with E-state index < -0.39 is 0 Å². The molecule has 1 saturated carbocycles. The summed E-state index contributed by atoms with van der Waals surface area (Å²) in [6.07, 6.45) is 1.88. The topological polar surface area (TPSA) is 76.7 Å². The van der Waals surface area contributed by atoms with Crippen molar-refractivity contribution < 1.29 is 19.1 Å². The van der Waals surface area contributed by atoms with Crippen molar-refractivity contribution in [1.82, 2.24) is 0 Å². The molecule has 0 unspecified atom stereocenters. The second-order valence-corrected chi connectivity index (χ2v) is 7.52. The lowest BCUT2D eigenvalue weighted by Crippen LogP contribution is -2.15. The van der Waals surface area contributed by atoms with Crippen molar-refractivity contribution in [3.8, 4) is 11.5 Å². The van der Waals surface area contributed by atoms with E-state index in [1.807, 2.05) is 26.0 Å². The molecule has 2 N–H and O–H groups in total. The average molecular weight is 447 g/mol. The highest BCUT2D eigenvalue weighted by Crippen LogP contribution is 2.37. The lowest BCUT2D eigenvalue weighted by Gasteiger charge is -2.15. The predicted molar refractivity (Wildman–Crippen MR) is 112 cm³/mol. The van der Waals surface area contributed by atoms with Gasteiger partial charge in [-0.1, -0.05) is 6.07 Å². The maximum Gasteiger partial charge on any atom is 0.255 e. The van der Waals surface area contributed by atoms with Crippen molar-refractivity contribution in [2.75, 3.05) is 24.4 Å². The molecule has 1 aliphatic rings. The fraction of sp³-hybridized carbons (Fsp3) is 0.333. The highest BCUT2D eigenvalue weighted by molar-refractivity contribution is 9.10. The first-order chi connectivity index (χ1) is 13.4. The smallest absolute Gasteiger partial charge is 0.255 e. The molecule has 0 saturated heterocycles. The molecule has 1 fully saturated rings. The monoisotopic (exact) mass is 446 g/mol. The number of methoxy groups -OCH3 is 1. The van der Waals surface area contributed by atoms with E-state index in [4.69, 9.17) is 9.47 Å². The van der Waals surface area contributed by atoms with E-state index in [-0.39, 0.29) is 17.7 Å². The summed E-state index contributed by atoms with van der Waals surface area (Å²) >= 11 is 3.43. The number of halogens is 1. The van der Waals surface area contributed by atoms with Gasteiger partial charge in [-0.15, -0.1) is 0 Å². The molecule has 0 heterocycles. The number of benzene rings is 2. The number of carbonyl (C=O) groups excluding carboxylic acids is 2. The Hall–Kier alpha value is -2.54. The highest BCUT2D eigenvalue weighted by Gasteiger charge is 2.29. The summed E-state index contributed by atoms with van der Waals surface area (Å²) in [5.41, 5.74) is 2.64. The minimum Gasteiger partial charge on any atom is -0.493 e. The molecule has 0 aromatic heterocycles. The van der Waals surface area contributed by atoms with Crippen molar-refractivity contribution >= 4 is 39.1 Å². The fourth-order valence-corrected chi connectivity index (χ4v) is 3.31. The summed E-state index contributed by atoms with van der Waals surface area (Å²) in [5.74, 6) is 0.899. The predicted octanol–water partition coefficient (Wildman–Crippen LogP) is 4.77. The van der Waals surface area contributed by atoms with Crippen LogP contribution in [0.1, 0.15) is 35.7 Å². The third-order valence-corrected chi connectivity index (χ3v) is 5.07. The molecule has 2 amide bonds. The van der Waals surface area contributed by atoms with Gasteiger partial charge < -0.3 is 20.1 Å². The first kappa shape index (κ1) is 20.2. The van der Waals surface area contributed by atoms with Crippen LogP contribution in [0.3, 0.4) is 0 Å². The molecule has 148 valence electrons. The molecular formula is C21H23BrN2O4. The third kappa shape index (κ3) is 4.65. The van der Waals surface area contributed by atoms with Crippen molar-refractivity contribution in [2.24, 2.45) is 5.92 Å². The van der Waals surface area contributed by atoms with Crippen LogP contribution in [0.15, 0.2) is 34.8 Å². The van der Waals surface area contributed by atoms with Gasteiger partial charge in [0.2, 0.25) is 5.91 Å². The van der Waals surface area contributed by atoms with Crippen molar-refractivity contribution in [3.05, 3.63) is 45.9 Å². The van der Waals surface area contributed by atoms with Crippen LogP contribution in [0.25, 0.3) is 0 Å². The molecule has 6 nitrogen and oxygen atoms in total. The lowest BCUT2D eigenvalue weighted by atomic mass is 10.1. The number of rotatable bonds is 7. The van der Waals surface area contributed by atoms with Crippen molar-refractivity contribution in [3.63, 3.8) is 0 Å². The third-order valence-electron chi connectivity index (χ3n) is 4.48. The van der Waals surface area contributed by atoms with Gasteiger partial charge in [-0.25, -0.2) is 0 Å². The molecule has 0 aliphatic heterocycles. The SMILES string of the molecule is CCOc1c(Br)cc(C(=O)Nc2cc(NC(=O)C3CC3)ccc2C)cc1OC. The Balaban J connectivity index is 1.80. The van der Waals surface area contributed by atoms with Crippen LogP contribution in [-0.4, -0.2) is 25.5 Å². The molecule has 7 heteroatoms. The van der Waals surface area contributed by atoms with Gasteiger partial charge in [-0.3, -0.25) is 9.59 Å². The Morgan fingerprint density at radius 3 is 2.57 bits per heavy atom. The van der Waals surface area contributed by atoms with Crippen molar-refractivity contribution in [2.45, 2.75) is 26.7 Å². The highest BCUT2D eigenvalue weighted by atomic mass is 79.9. The summed E-state index contributed by atoms with van der Waals surface area (Å²) in [7, 11) is 1.53. The molecule has 3 rings (SSSR count). The lowest BCUT2D eigenvalue weighted by molar-refractivity contribution is -0.117. The van der Waals surface area contributed by atoms with E-state index in [1.165, 1.54) is 7.11 Å². The van der Waals surface area contributed by atoms with Crippen LogP contribution in [0.2, 0.25) is 0 Å². The fourth-order valence-electron chi connectivity index (χ4n) is 2.75. The zero-order valence-corrected chi connectivity index (χ0v) is 17.7. The largest absolute Gasteiger partial charge is 0.493 e. The Morgan fingerprint density at radius 2 is 1.93 bits per heavy atom. The standard InChI is InChI=1S/C21H23BrN2O4/c1-4-28-19-16(22)9-14(10-18(19)27-3)21(26)24-17-11-15(8-5-12(17)2)23-20(25)13-6-7-13/h5,8-11,13H,4,6-7H2,1-3H3,(H,23,25)(H,24,26). The molecule has 0 bridgehead atoms.